The summed E-state index contributed by atoms with van der Waals surface area (Å²) in [6, 6.07) is 1.51. The first-order valence-electron chi connectivity index (χ1n) is 6.97. The molecule has 1 aromatic rings. The predicted molar refractivity (Wildman–Crippen MR) is 76.7 cm³/mol. The van der Waals surface area contributed by atoms with Gasteiger partial charge in [-0.25, -0.2) is 13.1 Å². The Morgan fingerprint density at radius 2 is 2.35 bits per heavy atom. The van der Waals surface area contributed by atoms with Crippen LogP contribution in [0.2, 0.25) is 0 Å². The van der Waals surface area contributed by atoms with Gasteiger partial charge in [0.2, 0.25) is 10.0 Å². The monoisotopic (exact) mass is 301 g/mol. The number of rotatable bonds is 6. The van der Waals surface area contributed by atoms with Crippen LogP contribution in [0.15, 0.2) is 17.2 Å². The zero-order valence-corrected chi connectivity index (χ0v) is 12.8. The average Bonchev–Trinajstić information content (AvgIpc) is 3.07. The lowest BCUT2D eigenvalue weighted by atomic mass is 10.0. The molecule has 3 N–H and O–H groups in total. The molecule has 6 nitrogen and oxygen atoms in total. The Labute approximate surface area is 120 Å². The van der Waals surface area contributed by atoms with Crippen molar-refractivity contribution in [2.45, 2.75) is 44.3 Å². The van der Waals surface area contributed by atoms with E-state index in [1.54, 1.807) is 12.3 Å². The van der Waals surface area contributed by atoms with Crippen LogP contribution in [-0.4, -0.2) is 32.2 Å². The second-order valence-corrected chi connectivity index (χ2v) is 6.90. The van der Waals surface area contributed by atoms with Gasteiger partial charge in [-0.3, -0.25) is 0 Å². The first kappa shape index (κ1) is 15.5. The van der Waals surface area contributed by atoms with Crippen LogP contribution >= 0.6 is 0 Å². The molecule has 20 heavy (non-hydrogen) atoms. The number of nitrogens with one attached hydrogen (secondary N) is 1. The number of sulfonamides is 1. The molecule has 2 unspecified atom stereocenters. The van der Waals surface area contributed by atoms with Crippen molar-refractivity contribution in [3.05, 3.63) is 18.0 Å². The van der Waals surface area contributed by atoms with Crippen molar-refractivity contribution in [2.24, 2.45) is 11.7 Å². The van der Waals surface area contributed by atoms with Crippen LogP contribution in [0.3, 0.4) is 0 Å². The van der Waals surface area contributed by atoms with Gasteiger partial charge in [0.25, 0.3) is 0 Å². The summed E-state index contributed by atoms with van der Waals surface area (Å²) in [5.41, 5.74) is 6.45. The molecular weight excluding hydrogens is 278 g/mol. The summed E-state index contributed by atoms with van der Waals surface area (Å²) in [5, 5.41) is 0. The number of hydrogen-bond acceptors (Lipinski definition) is 4. The van der Waals surface area contributed by atoms with Crippen LogP contribution in [0, 0.1) is 5.92 Å². The summed E-state index contributed by atoms with van der Waals surface area (Å²) in [7, 11) is -3.50. The molecule has 1 aliphatic rings. The number of nitrogens with zero attached hydrogens (tertiary/aromatic N) is 1. The van der Waals surface area contributed by atoms with Gasteiger partial charge in [0.05, 0.1) is 11.5 Å². The van der Waals surface area contributed by atoms with E-state index in [4.69, 9.17) is 10.5 Å². The van der Waals surface area contributed by atoms with Gasteiger partial charge in [-0.05, 0) is 26.3 Å². The first-order chi connectivity index (χ1) is 9.47. The molecule has 1 fully saturated rings. The van der Waals surface area contributed by atoms with Gasteiger partial charge >= 0.3 is 0 Å². The van der Waals surface area contributed by atoms with Crippen LogP contribution in [0.25, 0.3) is 0 Å². The molecule has 0 radical (unpaired) electrons. The Morgan fingerprint density at radius 3 is 2.85 bits per heavy atom. The third-order valence-electron chi connectivity index (χ3n) is 3.83. The van der Waals surface area contributed by atoms with E-state index >= 15 is 0 Å². The molecule has 2 heterocycles. The summed E-state index contributed by atoms with van der Waals surface area (Å²) in [4.78, 5) is 0.283. The Morgan fingerprint density at radius 1 is 1.60 bits per heavy atom. The highest BCUT2D eigenvalue weighted by Crippen LogP contribution is 2.20. The maximum Gasteiger partial charge on any atom is 0.242 e. The topological polar surface area (TPSA) is 86.3 Å². The van der Waals surface area contributed by atoms with E-state index in [2.05, 4.69) is 4.72 Å². The molecule has 0 bridgehead atoms. The molecule has 0 aliphatic carbocycles. The molecule has 1 aromatic heterocycles. The van der Waals surface area contributed by atoms with Gasteiger partial charge in [0.15, 0.2) is 0 Å². The number of nitrogens with two attached hydrogens (primary N) is 1. The highest BCUT2D eigenvalue weighted by molar-refractivity contribution is 7.89. The normalized spacial score (nSPS) is 21.2. The van der Waals surface area contributed by atoms with Crippen LogP contribution in [0.4, 0.5) is 0 Å². The fourth-order valence-electron chi connectivity index (χ4n) is 2.49. The number of hydrogen-bond donors (Lipinski definition) is 2. The molecule has 7 heteroatoms. The summed E-state index contributed by atoms with van der Waals surface area (Å²) in [5.74, 6) is 0.243. The van der Waals surface area contributed by atoms with Gasteiger partial charge in [0.1, 0.15) is 0 Å². The Bertz CT molecular complexity index is 526. The Kier molecular flexibility index (Phi) is 4.85. The van der Waals surface area contributed by atoms with Crippen LogP contribution < -0.4 is 10.5 Å². The summed E-state index contributed by atoms with van der Waals surface area (Å²) in [6.07, 6.45) is 2.54. The number of aromatic nitrogens is 1. The molecule has 0 spiro atoms. The zero-order valence-electron chi connectivity index (χ0n) is 12.0. The van der Waals surface area contributed by atoms with Gasteiger partial charge < -0.3 is 15.0 Å². The standard InChI is InChI=1S/C13H23N3O3S/c1-3-16-8-13(6-12(16)7-14)20(17,18)15-10(2)11-4-5-19-9-11/h6,8,10-11,15H,3-5,7,9,14H2,1-2H3. The second kappa shape index (κ2) is 6.26. The molecular formula is C13H23N3O3S. The van der Waals surface area contributed by atoms with Crippen molar-refractivity contribution < 1.29 is 13.2 Å². The van der Waals surface area contributed by atoms with Crippen LogP contribution in [0.5, 0.6) is 0 Å². The lowest BCUT2D eigenvalue weighted by molar-refractivity contribution is 0.180. The van der Waals surface area contributed by atoms with Crippen LogP contribution in [-0.2, 0) is 27.8 Å². The quantitative estimate of drug-likeness (QED) is 0.808. The molecule has 0 aromatic carbocycles. The summed E-state index contributed by atoms with van der Waals surface area (Å²) >= 11 is 0. The van der Waals surface area contributed by atoms with E-state index in [1.807, 2.05) is 18.4 Å². The summed E-state index contributed by atoms with van der Waals surface area (Å²) in [6.45, 7) is 6.20. The smallest absolute Gasteiger partial charge is 0.242 e. The fraction of sp³-hybridized carbons (Fsp3) is 0.692. The van der Waals surface area contributed by atoms with Crippen molar-refractivity contribution in [1.29, 1.82) is 0 Å². The van der Waals surface area contributed by atoms with E-state index in [9.17, 15) is 8.42 Å². The molecule has 114 valence electrons. The number of ether oxygens (including phenoxy) is 1. The Balaban J connectivity index is 2.15. The minimum Gasteiger partial charge on any atom is -0.381 e. The first-order valence-corrected chi connectivity index (χ1v) is 8.45. The largest absolute Gasteiger partial charge is 0.381 e. The fourth-order valence-corrected chi connectivity index (χ4v) is 3.87. The molecule has 0 amide bonds. The van der Waals surface area contributed by atoms with E-state index in [-0.39, 0.29) is 16.9 Å². The molecule has 2 atom stereocenters. The van der Waals surface area contributed by atoms with Crippen molar-refractivity contribution in [1.82, 2.24) is 9.29 Å². The lowest BCUT2D eigenvalue weighted by Gasteiger charge is -2.18. The zero-order chi connectivity index (χ0) is 14.8. The highest BCUT2D eigenvalue weighted by Gasteiger charge is 2.27. The van der Waals surface area contributed by atoms with E-state index in [0.29, 0.717) is 26.3 Å². The molecule has 1 aliphatic heterocycles. The predicted octanol–water partition coefficient (Wildman–Crippen LogP) is 0.670. The van der Waals surface area contributed by atoms with Gasteiger partial charge in [0, 0.05) is 43.5 Å². The minimum absolute atomic E-state index is 0.131. The van der Waals surface area contributed by atoms with E-state index in [1.165, 1.54) is 0 Å². The Hall–Kier alpha value is -0.890. The highest BCUT2D eigenvalue weighted by atomic mass is 32.2. The van der Waals surface area contributed by atoms with E-state index < -0.39 is 10.0 Å². The number of aryl methyl sites for hydroxylation is 1. The van der Waals surface area contributed by atoms with Crippen molar-refractivity contribution >= 4 is 10.0 Å². The van der Waals surface area contributed by atoms with E-state index in [0.717, 1.165) is 12.1 Å². The van der Waals surface area contributed by atoms with Crippen molar-refractivity contribution in [3.8, 4) is 0 Å². The lowest BCUT2D eigenvalue weighted by Crippen LogP contribution is -2.38. The van der Waals surface area contributed by atoms with Crippen molar-refractivity contribution in [2.75, 3.05) is 13.2 Å². The molecule has 2 rings (SSSR count). The maximum absolute atomic E-state index is 12.4. The molecule has 0 saturated carbocycles. The van der Waals surface area contributed by atoms with Gasteiger partial charge in [-0.1, -0.05) is 0 Å². The maximum atomic E-state index is 12.4. The SMILES string of the molecule is CCn1cc(S(=O)(=O)NC(C)C2CCOC2)cc1CN. The second-order valence-electron chi connectivity index (χ2n) is 5.19. The van der Waals surface area contributed by atoms with Crippen molar-refractivity contribution in [3.63, 3.8) is 0 Å². The minimum atomic E-state index is -3.50. The third kappa shape index (κ3) is 3.22. The van der Waals surface area contributed by atoms with Gasteiger partial charge in [-0.15, -0.1) is 0 Å². The molecule has 1 saturated heterocycles. The van der Waals surface area contributed by atoms with Crippen LogP contribution in [0.1, 0.15) is 26.0 Å². The average molecular weight is 301 g/mol. The summed E-state index contributed by atoms with van der Waals surface area (Å²) < 4.78 is 34.7. The third-order valence-corrected chi connectivity index (χ3v) is 5.36. The van der Waals surface area contributed by atoms with Gasteiger partial charge in [-0.2, -0.15) is 0 Å².